The van der Waals surface area contributed by atoms with Gasteiger partial charge in [-0.25, -0.2) is 13.1 Å². The first-order valence-electron chi connectivity index (χ1n) is 8.85. The highest BCUT2D eigenvalue weighted by Crippen LogP contribution is 2.25. The normalized spacial score (nSPS) is 16.9. The van der Waals surface area contributed by atoms with Crippen LogP contribution in [0, 0.1) is 5.92 Å². The van der Waals surface area contributed by atoms with Crippen LogP contribution >= 0.6 is 0 Å². The Bertz CT molecular complexity index is 768. The first-order chi connectivity index (χ1) is 12.6. The van der Waals surface area contributed by atoms with Gasteiger partial charge >= 0.3 is 5.97 Å². The molecule has 150 valence electrons. The summed E-state index contributed by atoms with van der Waals surface area (Å²) in [5.74, 6) is -1.25. The van der Waals surface area contributed by atoms with Gasteiger partial charge in [-0.2, -0.15) is 0 Å². The minimum atomic E-state index is -3.63. The lowest BCUT2D eigenvalue weighted by atomic mass is 9.86. The number of benzene rings is 1. The van der Waals surface area contributed by atoms with Crippen molar-refractivity contribution in [1.29, 1.82) is 0 Å². The summed E-state index contributed by atoms with van der Waals surface area (Å²) in [5.41, 5.74) is -0.584. The average Bonchev–Trinajstić information content (AvgIpc) is 2.60. The summed E-state index contributed by atoms with van der Waals surface area (Å²) in [6.07, 6.45) is 0.640. The van der Waals surface area contributed by atoms with E-state index in [4.69, 9.17) is 9.84 Å². The summed E-state index contributed by atoms with van der Waals surface area (Å²) in [6, 6.07) is 5.58. The van der Waals surface area contributed by atoms with Gasteiger partial charge in [-0.15, -0.1) is 0 Å². The monoisotopic (exact) mass is 398 g/mol. The predicted octanol–water partition coefficient (Wildman–Crippen LogP) is 1.37. The van der Waals surface area contributed by atoms with Crippen molar-refractivity contribution in [1.82, 2.24) is 10.0 Å². The highest BCUT2D eigenvalue weighted by Gasteiger charge is 2.36. The Morgan fingerprint density at radius 2 is 1.78 bits per heavy atom. The van der Waals surface area contributed by atoms with Crippen LogP contribution in [0.15, 0.2) is 29.2 Å². The second-order valence-electron chi connectivity index (χ2n) is 7.19. The quantitative estimate of drug-likeness (QED) is 0.608. The fourth-order valence-electron chi connectivity index (χ4n) is 2.86. The van der Waals surface area contributed by atoms with Crippen LogP contribution in [0.5, 0.6) is 0 Å². The SMILES string of the molecule is CC(C)CNS(=O)(=O)c1ccc(C(=O)NC2(CC(=O)O)CCOCC2)cc1. The van der Waals surface area contributed by atoms with Crippen LogP contribution in [0.4, 0.5) is 0 Å². The minimum Gasteiger partial charge on any atom is -0.481 e. The molecular weight excluding hydrogens is 372 g/mol. The standard InChI is InChI=1S/C18H26N2O6S/c1-13(2)12-19-27(24,25)15-5-3-14(4-6-15)17(23)20-18(11-16(21)22)7-9-26-10-8-18/h3-6,13,19H,7-12H2,1-2H3,(H,20,23)(H,21,22). The molecule has 0 aromatic heterocycles. The van der Waals surface area contributed by atoms with Crippen molar-refractivity contribution < 1.29 is 27.9 Å². The minimum absolute atomic E-state index is 0.0750. The Hall–Kier alpha value is -1.97. The predicted molar refractivity (Wildman–Crippen MR) is 99.0 cm³/mol. The van der Waals surface area contributed by atoms with E-state index in [2.05, 4.69) is 10.0 Å². The molecule has 0 saturated carbocycles. The second-order valence-corrected chi connectivity index (χ2v) is 8.95. The van der Waals surface area contributed by atoms with Crippen LogP contribution in [0.1, 0.15) is 43.5 Å². The number of sulfonamides is 1. The van der Waals surface area contributed by atoms with E-state index < -0.39 is 27.4 Å². The fraction of sp³-hybridized carbons (Fsp3) is 0.556. The van der Waals surface area contributed by atoms with Crippen LogP contribution in [0.25, 0.3) is 0 Å². The molecule has 1 aliphatic rings. The van der Waals surface area contributed by atoms with Crippen LogP contribution in [0.3, 0.4) is 0 Å². The molecule has 0 unspecified atom stereocenters. The number of hydrogen-bond acceptors (Lipinski definition) is 5. The van der Waals surface area contributed by atoms with Gasteiger partial charge in [0, 0.05) is 25.3 Å². The maximum absolute atomic E-state index is 12.6. The lowest BCUT2D eigenvalue weighted by Crippen LogP contribution is -2.53. The zero-order chi connectivity index (χ0) is 20.1. The zero-order valence-corrected chi connectivity index (χ0v) is 16.3. The number of amides is 1. The summed E-state index contributed by atoms with van der Waals surface area (Å²) < 4.78 is 32.2. The number of carbonyl (C=O) groups excluding carboxylic acids is 1. The molecule has 1 amide bonds. The van der Waals surface area contributed by atoms with Crippen molar-refractivity contribution in [2.24, 2.45) is 5.92 Å². The van der Waals surface area contributed by atoms with Gasteiger partial charge in [-0.3, -0.25) is 9.59 Å². The van der Waals surface area contributed by atoms with Crippen molar-refractivity contribution in [3.05, 3.63) is 29.8 Å². The molecule has 8 nitrogen and oxygen atoms in total. The van der Waals surface area contributed by atoms with E-state index in [0.29, 0.717) is 32.6 Å². The van der Waals surface area contributed by atoms with Gasteiger partial charge < -0.3 is 15.2 Å². The van der Waals surface area contributed by atoms with Gasteiger partial charge in [0.1, 0.15) is 0 Å². The highest BCUT2D eigenvalue weighted by atomic mass is 32.2. The number of rotatable bonds is 8. The molecule has 1 heterocycles. The van der Waals surface area contributed by atoms with Crippen LogP contribution < -0.4 is 10.0 Å². The molecule has 1 fully saturated rings. The smallest absolute Gasteiger partial charge is 0.305 e. The molecule has 1 aromatic carbocycles. The second kappa shape index (κ2) is 8.81. The molecule has 0 atom stereocenters. The molecule has 1 aromatic rings. The van der Waals surface area contributed by atoms with Crippen LogP contribution in [-0.4, -0.2) is 50.7 Å². The average molecular weight is 398 g/mol. The molecule has 0 radical (unpaired) electrons. The molecule has 27 heavy (non-hydrogen) atoms. The van der Waals surface area contributed by atoms with Crippen LogP contribution in [-0.2, 0) is 19.6 Å². The summed E-state index contributed by atoms with van der Waals surface area (Å²) in [4.78, 5) is 23.8. The molecule has 0 spiro atoms. The number of carbonyl (C=O) groups is 2. The van der Waals surface area contributed by atoms with E-state index >= 15 is 0 Å². The molecule has 0 aliphatic carbocycles. The summed E-state index contributed by atoms with van der Waals surface area (Å²) in [7, 11) is -3.63. The number of aliphatic carboxylic acids is 1. The lowest BCUT2D eigenvalue weighted by molar-refractivity contribution is -0.139. The zero-order valence-electron chi connectivity index (χ0n) is 15.5. The van der Waals surface area contributed by atoms with Gasteiger partial charge in [0.15, 0.2) is 0 Å². The van der Waals surface area contributed by atoms with Crippen molar-refractivity contribution in [2.45, 2.75) is 43.5 Å². The first kappa shape index (κ1) is 21.3. The van der Waals surface area contributed by atoms with Gasteiger partial charge in [0.2, 0.25) is 10.0 Å². The molecule has 0 bridgehead atoms. The molecule has 9 heteroatoms. The topological polar surface area (TPSA) is 122 Å². The molecular formula is C18H26N2O6S. The Balaban J connectivity index is 2.11. The lowest BCUT2D eigenvalue weighted by Gasteiger charge is -2.36. The largest absolute Gasteiger partial charge is 0.481 e. The Kier molecular flexibility index (Phi) is 6.96. The third kappa shape index (κ3) is 6.02. The van der Waals surface area contributed by atoms with Crippen LogP contribution in [0.2, 0.25) is 0 Å². The van der Waals surface area contributed by atoms with Crippen molar-refractivity contribution in [3.63, 3.8) is 0 Å². The molecule has 3 N–H and O–H groups in total. The van der Waals surface area contributed by atoms with Gasteiger partial charge in [-0.05, 0) is 43.0 Å². The number of hydrogen-bond donors (Lipinski definition) is 3. The summed E-state index contributed by atoms with van der Waals surface area (Å²) in [6.45, 7) is 4.89. The third-order valence-electron chi connectivity index (χ3n) is 4.43. The van der Waals surface area contributed by atoms with E-state index in [1.165, 1.54) is 24.3 Å². The van der Waals surface area contributed by atoms with E-state index in [1.54, 1.807) is 0 Å². The van der Waals surface area contributed by atoms with Crippen molar-refractivity contribution in [2.75, 3.05) is 19.8 Å². The number of carboxylic acids is 1. The van der Waals surface area contributed by atoms with E-state index in [-0.39, 0.29) is 22.8 Å². The maximum atomic E-state index is 12.6. The molecule has 2 rings (SSSR count). The summed E-state index contributed by atoms with van der Waals surface area (Å²) >= 11 is 0. The Morgan fingerprint density at radius 3 is 2.30 bits per heavy atom. The van der Waals surface area contributed by atoms with E-state index in [1.807, 2.05) is 13.8 Å². The Labute approximate surface area is 159 Å². The van der Waals surface area contributed by atoms with E-state index in [0.717, 1.165) is 0 Å². The third-order valence-corrected chi connectivity index (χ3v) is 5.87. The van der Waals surface area contributed by atoms with E-state index in [9.17, 15) is 18.0 Å². The fourth-order valence-corrected chi connectivity index (χ4v) is 4.07. The Morgan fingerprint density at radius 1 is 1.19 bits per heavy atom. The van der Waals surface area contributed by atoms with Crippen molar-refractivity contribution >= 4 is 21.9 Å². The number of ether oxygens (including phenoxy) is 1. The molecule has 1 saturated heterocycles. The number of nitrogens with one attached hydrogen (secondary N) is 2. The number of carboxylic acid groups (broad SMARTS) is 1. The maximum Gasteiger partial charge on any atom is 0.305 e. The van der Waals surface area contributed by atoms with Gasteiger partial charge in [0.25, 0.3) is 5.91 Å². The summed E-state index contributed by atoms with van der Waals surface area (Å²) in [5, 5.41) is 12.0. The highest BCUT2D eigenvalue weighted by molar-refractivity contribution is 7.89. The molecule has 1 aliphatic heterocycles. The van der Waals surface area contributed by atoms with Gasteiger partial charge in [-0.1, -0.05) is 13.8 Å². The van der Waals surface area contributed by atoms with Gasteiger partial charge in [0.05, 0.1) is 16.9 Å². The first-order valence-corrected chi connectivity index (χ1v) is 10.3. The van der Waals surface area contributed by atoms with Crippen molar-refractivity contribution in [3.8, 4) is 0 Å².